The molecule has 4 nitrogen and oxygen atoms in total. The maximum Gasteiger partial charge on any atom is 0.257 e. The van der Waals surface area contributed by atoms with Gasteiger partial charge in [-0.05, 0) is 51.3 Å². The predicted molar refractivity (Wildman–Crippen MR) is 110 cm³/mol. The standard InChI is InChI=1S/C21H21BrN2O2/c22-21-18-10-5-4-7-16(18)11-12-19(21)26-15-20(25)24-14-6-13-23-17-8-2-1-3-9-17/h1-5,7-12,23H,6,13-15H2,(H,24,25). The van der Waals surface area contributed by atoms with Gasteiger partial charge in [-0.1, -0.05) is 48.5 Å². The third-order valence-electron chi connectivity index (χ3n) is 3.97. The van der Waals surface area contributed by atoms with E-state index in [2.05, 4.69) is 26.6 Å². The molecule has 1 amide bonds. The van der Waals surface area contributed by atoms with Gasteiger partial charge in [0.15, 0.2) is 6.61 Å². The summed E-state index contributed by atoms with van der Waals surface area (Å²) in [6.07, 6.45) is 0.848. The first kappa shape index (κ1) is 18.3. The molecule has 0 spiro atoms. The number of hydrogen-bond donors (Lipinski definition) is 2. The normalized spacial score (nSPS) is 10.5. The Morgan fingerprint density at radius 2 is 1.69 bits per heavy atom. The van der Waals surface area contributed by atoms with Gasteiger partial charge in [0.25, 0.3) is 5.91 Å². The van der Waals surface area contributed by atoms with E-state index in [1.807, 2.05) is 66.7 Å². The van der Waals surface area contributed by atoms with Crippen molar-refractivity contribution in [2.24, 2.45) is 0 Å². The molecule has 3 rings (SSSR count). The number of carbonyl (C=O) groups excluding carboxylic acids is 1. The number of ether oxygens (including phenoxy) is 1. The molecule has 0 unspecified atom stereocenters. The van der Waals surface area contributed by atoms with Gasteiger partial charge in [0.2, 0.25) is 0 Å². The Morgan fingerprint density at radius 3 is 2.54 bits per heavy atom. The molecule has 0 aliphatic rings. The van der Waals surface area contributed by atoms with Crippen LogP contribution in [0.4, 0.5) is 5.69 Å². The van der Waals surface area contributed by atoms with Crippen molar-refractivity contribution in [1.82, 2.24) is 5.32 Å². The summed E-state index contributed by atoms with van der Waals surface area (Å²) in [5.41, 5.74) is 1.09. The molecule has 0 bridgehead atoms. The fraction of sp³-hybridized carbons (Fsp3) is 0.190. The Labute approximate surface area is 161 Å². The molecule has 0 aliphatic heterocycles. The summed E-state index contributed by atoms with van der Waals surface area (Å²) >= 11 is 3.56. The number of fused-ring (bicyclic) bond motifs is 1. The molecule has 0 fully saturated rings. The van der Waals surface area contributed by atoms with Gasteiger partial charge in [0.05, 0.1) is 4.47 Å². The Kier molecular flexibility index (Phi) is 6.50. The molecule has 2 N–H and O–H groups in total. The molecule has 0 heterocycles. The van der Waals surface area contributed by atoms with Gasteiger partial charge in [-0.25, -0.2) is 0 Å². The van der Waals surface area contributed by atoms with Crippen molar-refractivity contribution in [2.75, 3.05) is 25.0 Å². The number of para-hydroxylation sites is 1. The lowest BCUT2D eigenvalue weighted by Gasteiger charge is -2.11. The molecule has 0 aliphatic carbocycles. The predicted octanol–water partition coefficient (Wildman–Crippen LogP) is 4.60. The highest BCUT2D eigenvalue weighted by Crippen LogP contribution is 2.32. The first-order chi connectivity index (χ1) is 12.7. The summed E-state index contributed by atoms with van der Waals surface area (Å²) in [6, 6.07) is 21.9. The summed E-state index contributed by atoms with van der Waals surface area (Å²) in [6.45, 7) is 1.42. The van der Waals surface area contributed by atoms with Crippen molar-refractivity contribution >= 4 is 38.3 Å². The second-order valence-electron chi connectivity index (χ2n) is 5.88. The minimum atomic E-state index is -0.121. The number of hydrogen-bond acceptors (Lipinski definition) is 3. The third kappa shape index (κ3) is 4.99. The third-order valence-corrected chi connectivity index (χ3v) is 4.78. The average Bonchev–Trinajstić information content (AvgIpc) is 2.68. The van der Waals surface area contributed by atoms with E-state index >= 15 is 0 Å². The van der Waals surface area contributed by atoms with Crippen LogP contribution >= 0.6 is 15.9 Å². The summed E-state index contributed by atoms with van der Waals surface area (Å²) in [4.78, 5) is 12.0. The molecule has 0 saturated heterocycles. The highest BCUT2D eigenvalue weighted by atomic mass is 79.9. The van der Waals surface area contributed by atoms with E-state index in [0.717, 1.165) is 33.9 Å². The SMILES string of the molecule is O=C(COc1ccc2ccccc2c1Br)NCCCNc1ccccc1. The van der Waals surface area contributed by atoms with Gasteiger partial charge >= 0.3 is 0 Å². The van der Waals surface area contributed by atoms with Crippen LogP contribution in [0.1, 0.15) is 6.42 Å². The molecular formula is C21H21BrN2O2. The van der Waals surface area contributed by atoms with Crippen LogP contribution in [-0.2, 0) is 4.79 Å². The highest BCUT2D eigenvalue weighted by Gasteiger charge is 2.08. The number of halogens is 1. The number of nitrogens with one attached hydrogen (secondary N) is 2. The van der Waals surface area contributed by atoms with Crippen molar-refractivity contribution in [2.45, 2.75) is 6.42 Å². The van der Waals surface area contributed by atoms with Crippen LogP contribution in [0, 0.1) is 0 Å². The number of anilines is 1. The smallest absolute Gasteiger partial charge is 0.257 e. The zero-order valence-corrected chi connectivity index (χ0v) is 16.0. The Morgan fingerprint density at radius 1 is 0.923 bits per heavy atom. The first-order valence-corrected chi connectivity index (χ1v) is 9.39. The summed E-state index contributed by atoms with van der Waals surface area (Å²) in [5.74, 6) is 0.550. The summed E-state index contributed by atoms with van der Waals surface area (Å²) in [7, 11) is 0. The number of rotatable bonds is 8. The van der Waals surface area contributed by atoms with Gasteiger partial charge in [0, 0.05) is 18.8 Å². The van der Waals surface area contributed by atoms with Crippen LogP contribution in [0.2, 0.25) is 0 Å². The molecule has 5 heteroatoms. The lowest BCUT2D eigenvalue weighted by molar-refractivity contribution is -0.123. The number of carbonyl (C=O) groups is 1. The van der Waals surface area contributed by atoms with Crippen LogP contribution in [0.25, 0.3) is 10.8 Å². The molecule has 0 atom stereocenters. The van der Waals surface area contributed by atoms with Crippen LogP contribution < -0.4 is 15.4 Å². The molecule has 134 valence electrons. The number of amides is 1. The van der Waals surface area contributed by atoms with Crippen LogP contribution in [-0.4, -0.2) is 25.6 Å². The maximum absolute atomic E-state index is 12.0. The van der Waals surface area contributed by atoms with E-state index in [1.54, 1.807) is 0 Å². The Balaban J connectivity index is 1.39. The van der Waals surface area contributed by atoms with E-state index in [4.69, 9.17) is 4.74 Å². The van der Waals surface area contributed by atoms with Gasteiger partial charge in [-0.15, -0.1) is 0 Å². The van der Waals surface area contributed by atoms with Gasteiger partial charge in [0.1, 0.15) is 5.75 Å². The summed E-state index contributed by atoms with van der Waals surface area (Å²) in [5, 5.41) is 8.38. The summed E-state index contributed by atoms with van der Waals surface area (Å²) < 4.78 is 6.53. The molecule has 0 aromatic heterocycles. The lowest BCUT2D eigenvalue weighted by Crippen LogP contribution is -2.30. The molecular weight excluding hydrogens is 392 g/mol. The fourth-order valence-corrected chi connectivity index (χ4v) is 3.23. The molecule has 3 aromatic carbocycles. The monoisotopic (exact) mass is 412 g/mol. The van der Waals surface area contributed by atoms with Crippen LogP contribution in [0.5, 0.6) is 5.75 Å². The highest BCUT2D eigenvalue weighted by molar-refractivity contribution is 9.10. The van der Waals surface area contributed by atoms with Crippen molar-refractivity contribution in [1.29, 1.82) is 0 Å². The zero-order chi connectivity index (χ0) is 18.2. The van der Waals surface area contributed by atoms with E-state index < -0.39 is 0 Å². The van der Waals surface area contributed by atoms with E-state index in [1.165, 1.54) is 0 Å². The van der Waals surface area contributed by atoms with Crippen molar-refractivity contribution in [3.63, 3.8) is 0 Å². The van der Waals surface area contributed by atoms with Crippen LogP contribution in [0.3, 0.4) is 0 Å². The lowest BCUT2D eigenvalue weighted by atomic mass is 10.1. The molecule has 26 heavy (non-hydrogen) atoms. The quantitative estimate of drug-likeness (QED) is 0.531. The second-order valence-corrected chi connectivity index (χ2v) is 6.68. The maximum atomic E-state index is 12.0. The Hall–Kier alpha value is -2.53. The van der Waals surface area contributed by atoms with E-state index in [-0.39, 0.29) is 12.5 Å². The first-order valence-electron chi connectivity index (χ1n) is 8.60. The molecule has 3 aromatic rings. The van der Waals surface area contributed by atoms with Gasteiger partial charge in [-0.2, -0.15) is 0 Å². The minimum absolute atomic E-state index is 0.00303. The van der Waals surface area contributed by atoms with Crippen LogP contribution in [0.15, 0.2) is 71.2 Å². The van der Waals surface area contributed by atoms with Crippen molar-refractivity contribution in [3.05, 3.63) is 71.2 Å². The number of benzene rings is 3. The molecule has 0 radical (unpaired) electrons. The van der Waals surface area contributed by atoms with E-state index in [9.17, 15) is 4.79 Å². The topological polar surface area (TPSA) is 50.4 Å². The van der Waals surface area contributed by atoms with Gasteiger partial charge < -0.3 is 15.4 Å². The van der Waals surface area contributed by atoms with Crippen molar-refractivity contribution in [3.8, 4) is 5.75 Å². The van der Waals surface area contributed by atoms with E-state index in [0.29, 0.717) is 12.3 Å². The Bertz CT molecular complexity index is 868. The van der Waals surface area contributed by atoms with Gasteiger partial charge in [-0.3, -0.25) is 4.79 Å². The average molecular weight is 413 g/mol. The second kappa shape index (κ2) is 9.25. The van der Waals surface area contributed by atoms with Crippen molar-refractivity contribution < 1.29 is 9.53 Å². The minimum Gasteiger partial charge on any atom is -0.483 e. The largest absolute Gasteiger partial charge is 0.483 e. The fourth-order valence-electron chi connectivity index (χ4n) is 2.62. The zero-order valence-electron chi connectivity index (χ0n) is 14.4. The molecule has 0 saturated carbocycles.